The number of hydrogen-bond donors (Lipinski definition) is 1. The molecule has 102 valence electrons. The maximum atomic E-state index is 5.96. The van der Waals surface area contributed by atoms with Crippen molar-refractivity contribution in [3.63, 3.8) is 0 Å². The molecule has 0 saturated carbocycles. The van der Waals surface area contributed by atoms with E-state index >= 15 is 0 Å². The Labute approximate surface area is 110 Å². The fraction of sp³-hybridized carbons (Fsp3) is 0.600. The standard InChI is InChI=1S/C15H25NO2/c1-4-14(16)10-13-6-5-7-15(11-13)18-12(2)8-9-17-3/h5-7,11-12,14H,4,8-10,16H2,1-3H3. The molecule has 1 aromatic carbocycles. The molecule has 0 aromatic heterocycles. The van der Waals surface area contributed by atoms with Gasteiger partial charge in [0.1, 0.15) is 5.75 Å². The van der Waals surface area contributed by atoms with Gasteiger partial charge in [-0.05, 0) is 37.5 Å². The number of ether oxygens (including phenoxy) is 2. The molecular weight excluding hydrogens is 226 g/mol. The second-order valence-electron chi connectivity index (χ2n) is 4.73. The number of methoxy groups -OCH3 is 1. The van der Waals surface area contributed by atoms with Crippen LogP contribution < -0.4 is 10.5 Å². The van der Waals surface area contributed by atoms with E-state index in [0.29, 0.717) is 0 Å². The molecule has 2 atom stereocenters. The summed E-state index contributed by atoms with van der Waals surface area (Å²) >= 11 is 0. The fourth-order valence-corrected chi connectivity index (χ4v) is 1.77. The zero-order valence-electron chi connectivity index (χ0n) is 11.7. The number of benzene rings is 1. The molecule has 0 fully saturated rings. The van der Waals surface area contributed by atoms with Gasteiger partial charge in [-0.2, -0.15) is 0 Å². The highest BCUT2D eigenvalue weighted by atomic mass is 16.5. The third-order valence-electron chi connectivity index (χ3n) is 2.99. The first-order valence-corrected chi connectivity index (χ1v) is 6.65. The Kier molecular flexibility index (Phi) is 6.76. The predicted octanol–water partition coefficient (Wildman–Crippen LogP) is 2.77. The first-order valence-electron chi connectivity index (χ1n) is 6.65. The zero-order chi connectivity index (χ0) is 13.4. The van der Waals surface area contributed by atoms with Crippen LogP contribution in [0.4, 0.5) is 0 Å². The molecular formula is C15H25NO2. The van der Waals surface area contributed by atoms with Crippen molar-refractivity contribution in [3.8, 4) is 5.75 Å². The minimum Gasteiger partial charge on any atom is -0.491 e. The largest absolute Gasteiger partial charge is 0.491 e. The molecule has 0 aliphatic heterocycles. The molecule has 3 heteroatoms. The topological polar surface area (TPSA) is 44.5 Å². The highest BCUT2D eigenvalue weighted by Crippen LogP contribution is 2.17. The lowest BCUT2D eigenvalue weighted by Gasteiger charge is -2.15. The lowest BCUT2D eigenvalue weighted by atomic mass is 10.0. The highest BCUT2D eigenvalue weighted by Gasteiger charge is 2.06. The molecule has 0 spiro atoms. The van der Waals surface area contributed by atoms with Crippen LogP contribution in [0.25, 0.3) is 0 Å². The quantitative estimate of drug-likeness (QED) is 0.772. The summed E-state index contributed by atoms with van der Waals surface area (Å²) in [7, 11) is 1.71. The Morgan fingerprint density at radius 2 is 2.11 bits per heavy atom. The van der Waals surface area contributed by atoms with Crippen molar-refractivity contribution in [3.05, 3.63) is 29.8 Å². The molecule has 3 nitrogen and oxygen atoms in total. The van der Waals surface area contributed by atoms with E-state index in [0.717, 1.165) is 31.6 Å². The van der Waals surface area contributed by atoms with Crippen LogP contribution in [0.2, 0.25) is 0 Å². The van der Waals surface area contributed by atoms with E-state index in [4.69, 9.17) is 15.2 Å². The summed E-state index contributed by atoms with van der Waals surface area (Å²) in [6, 6.07) is 8.42. The molecule has 1 aromatic rings. The summed E-state index contributed by atoms with van der Waals surface area (Å²) in [5.41, 5.74) is 7.20. The van der Waals surface area contributed by atoms with Crippen molar-refractivity contribution < 1.29 is 9.47 Å². The van der Waals surface area contributed by atoms with Gasteiger partial charge in [0, 0.05) is 26.2 Å². The van der Waals surface area contributed by atoms with E-state index in [1.807, 2.05) is 12.1 Å². The zero-order valence-corrected chi connectivity index (χ0v) is 11.7. The Bertz CT molecular complexity index is 341. The molecule has 0 saturated heterocycles. The van der Waals surface area contributed by atoms with Gasteiger partial charge < -0.3 is 15.2 Å². The van der Waals surface area contributed by atoms with Crippen LogP contribution in [0.5, 0.6) is 5.75 Å². The van der Waals surface area contributed by atoms with E-state index in [9.17, 15) is 0 Å². The number of nitrogens with two attached hydrogens (primary N) is 1. The summed E-state index contributed by atoms with van der Waals surface area (Å²) in [6.07, 6.45) is 2.96. The van der Waals surface area contributed by atoms with Crippen LogP contribution in [0, 0.1) is 0 Å². The summed E-state index contributed by atoms with van der Waals surface area (Å²) in [4.78, 5) is 0. The summed E-state index contributed by atoms with van der Waals surface area (Å²) < 4.78 is 10.9. The minimum atomic E-state index is 0.167. The molecule has 18 heavy (non-hydrogen) atoms. The maximum absolute atomic E-state index is 5.96. The van der Waals surface area contributed by atoms with Crippen molar-refractivity contribution in [1.29, 1.82) is 0 Å². The second-order valence-corrected chi connectivity index (χ2v) is 4.73. The van der Waals surface area contributed by atoms with Gasteiger partial charge >= 0.3 is 0 Å². The molecule has 0 heterocycles. The van der Waals surface area contributed by atoms with Crippen molar-refractivity contribution in [2.75, 3.05) is 13.7 Å². The molecule has 2 unspecified atom stereocenters. The van der Waals surface area contributed by atoms with Gasteiger partial charge in [0.25, 0.3) is 0 Å². The van der Waals surface area contributed by atoms with E-state index < -0.39 is 0 Å². The SMILES string of the molecule is CCC(N)Cc1cccc(OC(C)CCOC)c1. The van der Waals surface area contributed by atoms with Crippen molar-refractivity contribution in [1.82, 2.24) is 0 Å². The molecule has 0 amide bonds. The van der Waals surface area contributed by atoms with Crippen LogP contribution >= 0.6 is 0 Å². The van der Waals surface area contributed by atoms with Crippen LogP contribution in [-0.2, 0) is 11.2 Å². The molecule has 0 aliphatic rings. The maximum Gasteiger partial charge on any atom is 0.119 e. The molecule has 0 radical (unpaired) electrons. The lowest BCUT2D eigenvalue weighted by Crippen LogP contribution is -2.21. The smallest absolute Gasteiger partial charge is 0.119 e. The van der Waals surface area contributed by atoms with Crippen molar-refractivity contribution >= 4 is 0 Å². The van der Waals surface area contributed by atoms with Gasteiger partial charge in [-0.3, -0.25) is 0 Å². The molecule has 2 N–H and O–H groups in total. The van der Waals surface area contributed by atoms with E-state index in [-0.39, 0.29) is 12.1 Å². The van der Waals surface area contributed by atoms with Crippen LogP contribution in [0.3, 0.4) is 0 Å². The van der Waals surface area contributed by atoms with Gasteiger partial charge in [-0.15, -0.1) is 0 Å². The third-order valence-corrected chi connectivity index (χ3v) is 2.99. The lowest BCUT2D eigenvalue weighted by molar-refractivity contribution is 0.135. The Balaban J connectivity index is 2.53. The van der Waals surface area contributed by atoms with Crippen LogP contribution in [-0.4, -0.2) is 25.9 Å². The normalized spacial score (nSPS) is 14.2. The molecule has 0 aliphatic carbocycles. The number of hydrogen-bond acceptors (Lipinski definition) is 3. The van der Waals surface area contributed by atoms with Gasteiger partial charge in [0.15, 0.2) is 0 Å². The van der Waals surface area contributed by atoms with Gasteiger partial charge in [-0.1, -0.05) is 19.1 Å². The van der Waals surface area contributed by atoms with E-state index in [1.165, 1.54) is 5.56 Å². The first kappa shape index (κ1) is 15.0. The minimum absolute atomic E-state index is 0.167. The van der Waals surface area contributed by atoms with Gasteiger partial charge in [0.05, 0.1) is 6.10 Å². The summed E-state index contributed by atoms with van der Waals surface area (Å²) in [6.45, 7) is 4.89. The van der Waals surface area contributed by atoms with Gasteiger partial charge in [0.2, 0.25) is 0 Å². The summed E-state index contributed by atoms with van der Waals surface area (Å²) in [5, 5.41) is 0. The van der Waals surface area contributed by atoms with E-state index in [2.05, 4.69) is 26.0 Å². The summed E-state index contributed by atoms with van der Waals surface area (Å²) in [5.74, 6) is 0.916. The van der Waals surface area contributed by atoms with Crippen LogP contribution in [0.15, 0.2) is 24.3 Å². The van der Waals surface area contributed by atoms with E-state index in [1.54, 1.807) is 7.11 Å². The highest BCUT2D eigenvalue weighted by molar-refractivity contribution is 5.29. The average Bonchev–Trinajstić information content (AvgIpc) is 2.36. The molecule has 0 bridgehead atoms. The first-order chi connectivity index (χ1) is 8.65. The van der Waals surface area contributed by atoms with Crippen LogP contribution in [0.1, 0.15) is 32.3 Å². The Morgan fingerprint density at radius 1 is 1.33 bits per heavy atom. The number of rotatable bonds is 8. The monoisotopic (exact) mass is 251 g/mol. The van der Waals surface area contributed by atoms with Crippen molar-refractivity contribution in [2.24, 2.45) is 5.73 Å². The Hall–Kier alpha value is -1.06. The average molecular weight is 251 g/mol. The third kappa shape index (κ3) is 5.52. The van der Waals surface area contributed by atoms with Crippen molar-refractivity contribution in [2.45, 2.75) is 45.3 Å². The second kappa shape index (κ2) is 8.11. The fourth-order valence-electron chi connectivity index (χ4n) is 1.77. The predicted molar refractivity (Wildman–Crippen MR) is 75.0 cm³/mol. The molecule has 1 rings (SSSR count). The van der Waals surface area contributed by atoms with Gasteiger partial charge in [-0.25, -0.2) is 0 Å². The Morgan fingerprint density at radius 3 is 2.78 bits per heavy atom.